The second kappa shape index (κ2) is 15.3. The molecule has 5 nitrogen and oxygen atoms in total. The van der Waals surface area contributed by atoms with Crippen molar-refractivity contribution in [2.45, 2.75) is 68.9 Å². The molecular formula is C61H53N5. The van der Waals surface area contributed by atoms with E-state index in [1.54, 1.807) is 0 Å². The van der Waals surface area contributed by atoms with E-state index in [0.717, 1.165) is 44.4 Å². The Morgan fingerprint density at radius 2 is 1.59 bits per heavy atom. The van der Waals surface area contributed by atoms with Gasteiger partial charge in [0.05, 0.1) is 18.2 Å². The highest BCUT2D eigenvalue weighted by Gasteiger charge is 2.44. The third kappa shape index (κ3) is 5.98. The van der Waals surface area contributed by atoms with Gasteiger partial charge >= 0.3 is 0 Å². The zero-order chi connectivity index (χ0) is 43.3. The van der Waals surface area contributed by atoms with E-state index in [4.69, 9.17) is 4.99 Å². The van der Waals surface area contributed by atoms with E-state index in [1.165, 1.54) is 83.3 Å². The molecule has 3 heterocycles. The topological polar surface area (TPSA) is 44.6 Å². The number of allylic oxidation sites excluding steroid dienone is 16. The second-order valence-corrected chi connectivity index (χ2v) is 19.5. The van der Waals surface area contributed by atoms with Crippen LogP contribution in [0, 0.1) is 17.8 Å². The molecule has 8 unspecified atom stereocenters. The molecule has 0 spiro atoms. The maximum atomic E-state index is 5.51. The first-order valence-corrected chi connectivity index (χ1v) is 24.4. The van der Waals surface area contributed by atoms with Gasteiger partial charge in [-0.15, -0.1) is 0 Å². The van der Waals surface area contributed by atoms with E-state index >= 15 is 0 Å². The number of anilines is 1. The van der Waals surface area contributed by atoms with Gasteiger partial charge in [0.2, 0.25) is 0 Å². The summed E-state index contributed by atoms with van der Waals surface area (Å²) in [7, 11) is 0. The molecule has 2 N–H and O–H groups in total. The van der Waals surface area contributed by atoms with Crippen LogP contribution in [0.5, 0.6) is 0 Å². The van der Waals surface area contributed by atoms with Crippen molar-refractivity contribution in [1.82, 2.24) is 15.2 Å². The van der Waals surface area contributed by atoms with Crippen LogP contribution in [-0.4, -0.2) is 22.6 Å². The molecule has 0 radical (unpaired) electrons. The zero-order valence-corrected chi connectivity index (χ0v) is 37.1. The number of nitrogens with one attached hydrogen (secondary N) is 2. The smallest absolute Gasteiger partial charge is 0.131 e. The molecule has 0 amide bonds. The molecule has 0 bridgehead atoms. The number of nitrogens with zero attached hydrogens (tertiary/aromatic N) is 3. The van der Waals surface area contributed by atoms with E-state index in [9.17, 15) is 0 Å². The van der Waals surface area contributed by atoms with Gasteiger partial charge in [0.25, 0.3) is 0 Å². The van der Waals surface area contributed by atoms with Crippen molar-refractivity contribution in [2.24, 2.45) is 22.7 Å². The predicted octanol–water partition coefficient (Wildman–Crippen LogP) is 10.9. The fourth-order valence-corrected chi connectivity index (χ4v) is 13.0. The number of aliphatic imine (C=N–C) groups is 1. The van der Waals surface area contributed by atoms with Gasteiger partial charge in [-0.25, -0.2) is 4.99 Å². The lowest BCUT2D eigenvalue weighted by atomic mass is 9.79. The number of benzene rings is 3. The molecule has 8 aliphatic carbocycles. The maximum Gasteiger partial charge on any atom is 0.131 e. The second-order valence-electron chi connectivity index (χ2n) is 19.5. The molecule has 3 aromatic carbocycles. The van der Waals surface area contributed by atoms with Gasteiger partial charge in [-0.2, -0.15) is 0 Å². The lowest BCUT2D eigenvalue weighted by Crippen LogP contribution is -2.55. The third-order valence-electron chi connectivity index (χ3n) is 16.0. The van der Waals surface area contributed by atoms with Gasteiger partial charge in [0.1, 0.15) is 12.0 Å². The average Bonchev–Trinajstić information content (AvgIpc) is 3.90. The van der Waals surface area contributed by atoms with Crippen LogP contribution in [-0.2, 0) is 6.42 Å². The van der Waals surface area contributed by atoms with Crippen LogP contribution >= 0.6 is 0 Å². The Bertz CT molecular complexity index is 3260. The van der Waals surface area contributed by atoms with Crippen molar-refractivity contribution in [1.29, 1.82) is 0 Å². The average molecular weight is 856 g/mol. The number of amidine groups is 1. The first kappa shape index (κ1) is 38.3. The Kier molecular flexibility index (Phi) is 8.90. The number of hydrogen-bond donors (Lipinski definition) is 2. The summed E-state index contributed by atoms with van der Waals surface area (Å²) in [6.07, 6.45) is 49.5. The van der Waals surface area contributed by atoms with Gasteiger partial charge < -0.3 is 14.8 Å². The summed E-state index contributed by atoms with van der Waals surface area (Å²) >= 11 is 0. The van der Waals surface area contributed by atoms with Crippen LogP contribution in [0.25, 0.3) is 23.9 Å². The molecule has 4 aromatic rings. The third-order valence-corrected chi connectivity index (χ3v) is 16.0. The Morgan fingerprint density at radius 1 is 0.712 bits per heavy atom. The Labute approximate surface area is 387 Å². The molecule has 0 saturated heterocycles. The van der Waals surface area contributed by atoms with Gasteiger partial charge in [-0.3, -0.25) is 5.32 Å². The lowest BCUT2D eigenvalue weighted by Gasteiger charge is -2.39. The molecule has 322 valence electrons. The van der Waals surface area contributed by atoms with Gasteiger partial charge in [0, 0.05) is 62.5 Å². The number of hydrogen-bond acceptors (Lipinski definition) is 4. The highest BCUT2D eigenvalue weighted by Crippen LogP contribution is 2.52. The summed E-state index contributed by atoms with van der Waals surface area (Å²) in [5.41, 5.74) is 17.9. The zero-order valence-electron chi connectivity index (χ0n) is 37.1. The molecule has 0 fully saturated rings. The minimum Gasteiger partial charge on any atom is -0.354 e. The molecule has 5 heteroatoms. The van der Waals surface area contributed by atoms with E-state index in [1.807, 2.05) is 0 Å². The largest absolute Gasteiger partial charge is 0.354 e. The molecule has 14 rings (SSSR count). The molecule has 1 aromatic heterocycles. The highest BCUT2D eigenvalue weighted by molar-refractivity contribution is 6.03. The number of rotatable bonds is 5. The SMILES string of the molecule is C1=CCC2C=c3c4c(n(C5C=CC(C6=NC(c7ccccc7)NC(C7C=CC8=C(C=CCC8)C7)N6)=C6C=CC=CC65)c3=CC2=C1)CCC=C4N1c2ccccc2C2c3ccccc3C=CC21. The van der Waals surface area contributed by atoms with Crippen LogP contribution in [0.3, 0.4) is 0 Å². The number of fused-ring (bicyclic) bond motifs is 10. The van der Waals surface area contributed by atoms with E-state index in [-0.39, 0.29) is 36.3 Å². The van der Waals surface area contributed by atoms with Crippen LogP contribution in [0.4, 0.5) is 5.69 Å². The summed E-state index contributed by atoms with van der Waals surface area (Å²) in [5.74, 6) is 2.06. The van der Waals surface area contributed by atoms with Crippen molar-refractivity contribution in [2.75, 3.05) is 4.90 Å². The summed E-state index contributed by atoms with van der Waals surface area (Å²) in [4.78, 5) is 8.22. The maximum absolute atomic E-state index is 5.51. The Morgan fingerprint density at radius 3 is 2.55 bits per heavy atom. The van der Waals surface area contributed by atoms with Crippen molar-refractivity contribution in [3.63, 3.8) is 0 Å². The van der Waals surface area contributed by atoms with Crippen molar-refractivity contribution in [3.8, 4) is 0 Å². The lowest BCUT2D eigenvalue weighted by molar-refractivity contribution is 0.325. The Hall–Kier alpha value is -6.95. The van der Waals surface area contributed by atoms with Gasteiger partial charge in [-0.05, 0) is 95.2 Å². The minimum atomic E-state index is -0.161. The standard InChI is InChI=1S/C61H53N5/c1-2-17-40(18-3-1)59-62-60(44-30-29-38-15-4-5-19-41(38)35-44)64-61(63-59)48-32-34-52(47-24-11-10-23-46(47)48)66-54-28-14-27-53(58(54)50-36-42-20-6-7-21-43(42)37-56(50)66)65-51-26-13-12-25-49(51)57-45-22-9-8-16-39(45)31-33-55(57)65/h1-3,5-13,16-19,21-27,29-34,36-37,42,44,47,52,55,57,59-60,62H,4,14-15,20,28,35H2,(H,63,64). The first-order valence-electron chi connectivity index (χ1n) is 24.4. The van der Waals surface area contributed by atoms with Crippen molar-refractivity contribution in [3.05, 3.63) is 242 Å². The highest BCUT2D eigenvalue weighted by atomic mass is 15.3. The normalized spacial score (nSPS) is 29.2. The Balaban J connectivity index is 0.889. The van der Waals surface area contributed by atoms with E-state index < -0.39 is 0 Å². The molecule has 2 aliphatic heterocycles. The molecular weight excluding hydrogens is 803 g/mol. The molecule has 66 heavy (non-hydrogen) atoms. The molecule has 8 atom stereocenters. The number of para-hydroxylation sites is 1. The van der Waals surface area contributed by atoms with Gasteiger partial charge in [0.15, 0.2) is 0 Å². The summed E-state index contributed by atoms with van der Waals surface area (Å²) in [6, 6.07) is 29.3. The minimum absolute atomic E-state index is 0.0246. The fraction of sp³-hybridized carbons (Fsp3) is 0.230. The van der Waals surface area contributed by atoms with Crippen LogP contribution in [0.2, 0.25) is 0 Å². The molecule has 10 aliphatic rings. The van der Waals surface area contributed by atoms with Crippen molar-refractivity contribution < 1.29 is 0 Å². The van der Waals surface area contributed by atoms with E-state index in [2.05, 4.69) is 208 Å². The first-order chi connectivity index (χ1) is 32.7. The monoisotopic (exact) mass is 855 g/mol. The van der Waals surface area contributed by atoms with Gasteiger partial charge in [-0.1, -0.05) is 176 Å². The van der Waals surface area contributed by atoms with Crippen LogP contribution in [0.1, 0.15) is 83.7 Å². The van der Waals surface area contributed by atoms with Crippen LogP contribution in [0.15, 0.2) is 203 Å². The number of aromatic nitrogens is 1. The van der Waals surface area contributed by atoms with Crippen molar-refractivity contribution >= 4 is 35.4 Å². The predicted molar refractivity (Wildman–Crippen MR) is 271 cm³/mol. The van der Waals surface area contributed by atoms with E-state index in [0.29, 0.717) is 11.8 Å². The summed E-state index contributed by atoms with van der Waals surface area (Å²) in [5, 5.41) is 10.7. The van der Waals surface area contributed by atoms with Crippen LogP contribution < -0.4 is 26.1 Å². The summed E-state index contributed by atoms with van der Waals surface area (Å²) < 4.78 is 2.76. The summed E-state index contributed by atoms with van der Waals surface area (Å²) in [6.45, 7) is 0. The quantitative estimate of drug-likeness (QED) is 0.210. The fourth-order valence-electron chi connectivity index (χ4n) is 13.0. The molecule has 0 saturated carbocycles.